The quantitative estimate of drug-likeness (QED) is 0.684. The molecule has 1 rings (SSSR count). The van der Waals surface area contributed by atoms with E-state index in [4.69, 9.17) is 5.11 Å². The molecule has 0 radical (unpaired) electrons. The van der Waals surface area contributed by atoms with Crippen LogP contribution in [-0.4, -0.2) is 37.7 Å². The van der Waals surface area contributed by atoms with Gasteiger partial charge in [0.2, 0.25) is 0 Å². The molecule has 104 valence electrons. The molecule has 0 bridgehead atoms. The lowest BCUT2D eigenvalue weighted by Gasteiger charge is -2.17. The Balaban J connectivity index is 2.46. The second-order valence-electron chi connectivity index (χ2n) is 4.29. The van der Waals surface area contributed by atoms with E-state index in [1.165, 1.54) is 0 Å². The molecule has 0 aliphatic carbocycles. The SMILES string of the molecule is CN(C)c1ccccc1NC(=O)NCCCC(=O)O. The van der Waals surface area contributed by atoms with Gasteiger partial charge in [-0.15, -0.1) is 0 Å². The fraction of sp³-hybridized carbons (Fsp3) is 0.385. The Morgan fingerprint density at radius 3 is 2.58 bits per heavy atom. The predicted molar refractivity (Wildman–Crippen MR) is 74.7 cm³/mol. The molecule has 0 aromatic heterocycles. The molecule has 6 heteroatoms. The Hall–Kier alpha value is -2.24. The largest absolute Gasteiger partial charge is 0.481 e. The van der Waals surface area contributed by atoms with Crippen molar-refractivity contribution < 1.29 is 14.7 Å². The topological polar surface area (TPSA) is 81.7 Å². The van der Waals surface area contributed by atoms with Crippen molar-refractivity contribution in [3.8, 4) is 0 Å². The van der Waals surface area contributed by atoms with Gasteiger partial charge in [-0.25, -0.2) is 4.79 Å². The normalized spacial score (nSPS) is 9.79. The van der Waals surface area contributed by atoms with Gasteiger partial charge in [-0.1, -0.05) is 12.1 Å². The highest BCUT2D eigenvalue weighted by atomic mass is 16.4. The van der Waals surface area contributed by atoms with Crippen molar-refractivity contribution in [1.29, 1.82) is 0 Å². The number of rotatable bonds is 6. The Labute approximate surface area is 112 Å². The third-order valence-electron chi connectivity index (χ3n) is 2.49. The Bertz CT molecular complexity index is 447. The number of hydrogen-bond donors (Lipinski definition) is 3. The predicted octanol–water partition coefficient (Wildman–Crippen LogP) is 1.74. The Kier molecular flexibility index (Phi) is 5.66. The lowest BCUT2D eigenvalue weighted by molar-refractivity contribution is -0.137. The zero-order valence-electron chi connectivity index (χ0n) is 11.1. The van der Waals surface area contributed by atoms with Crippen LogP contribution in [0, 0.1) is 0 Å². The van der Waals surface area contributed by atoms with E-state index in [2.05, 4.69) is 10.6 Å². The van der Waals surface area contributed by atoms with Crippen molar-refractivity contribution in [2.45, 2.75) is 12.8 Å². The van der Waals surface area contributed by atoms with Gasteiger partial charge >= 0.3 is 12.0 Å². The Morgan fingerprint density at radius 2 is 1.95 bits per heavy atom. The van der Waals surface area contributed by atoms with Gasteiger partial charge in [-0.05, 0) is 18.6 Å². The van der Waals surface area contributed by atoms with Crippen LogP contribution in [0.25, 0.3) is 0 Å². The maximum absolute atomic E-state index is 11.6. The average Bonchev–Trinajstić information content (AvgIpc) is 2.35. The van der Waals surface area contributed by atoms with Gasteiger partial charge in [0.15, 0.2) is 0 Å². The molecule has 0 saturated carbocycles. The first-order chi connectivity index (χ1) is 9.00. The number of urea groups is 1. The highest BCUT2D eigenvalue weighted by Gasteiger charge is 2.07. The number of para-hydroxylation sites is 2. The number of carboxylic acid groups (broad SMARTS) is 1. The summed E-state index contributed by atoms with van der Waals surface area (Å²) in [6, 6.07) is 7.12. The van der Waals surface area contributed by atoms with Crippen LogP contribution in [0.4, 0.5) is 16.2 Å². The summed E-state index contributed by atoms with van der Waals surface area (Å²) in [6.07, 6.45) is 0.465. The number of carboxylic acids is 1. The van der Waals surface area contributed by atoms with Crippen LogP contribution < -0.4 is 15.5 Å². The van der Waals surface area contributed by atoms with Crippen molar-refractivity contribution >= 4 is 23.4 Å². The van der Waals surface area contributed by atoms with E-state index >= 15 is 0 Å². The first-order valence-electron chi connectivity index (χ1n) is 6.03. The second-order valence-corrected chi connectivity index (χ2v) is 4.29. The minimum atomic E-state index is -0.861. The van der Waals surface area contributed by atoms with Crippen LogP contribution in [0.1, 0.15) is 12.8 Å². The molecule has 0 heterocycles. The first kappa shape index (κ1) is 14.8. The van der Waals surface area contributed by atoms with E-state index in [9.17, 15) is 9.59 Å². The molecule has 1 aromatic rings. The maximum atomic E-state index is 11.6. The number of hydrogen-bond acceptors (Lipinski definition) is 3. The van der Waals surface area contributed by atoms with E-state index in [0.717, 1.165) is 5.69 Å². The minimum absolute atomic E-state index is 0.0502. The van der Waals surface area contributed by atoms with Gasteiger partial charge in [-0.2, -0.15) is 0 Å². The smallest absolute Gasteiger partial charge is 0.319 e. The molecular weight excluding hydrogens is 246 g/mol. The molecule has 0 aliphatic heterocycles. The molecule has 0 unspecified atom stereocenters. The van der Waals surface area contributed by atoms with Gasteiger partial charge in [0.1, 0.15) is 0 Å². The Morgan fingerprint density at radius 1 is 1.26 bits per heavy atom. The number of nitrogens with one attached hydrogen (secondary N) is 2. The molecule has 19 heavy (non-hydrogen) atoms. The van der Waals surface area contributed by atoms with Crippen LogP contribution in [0.15, 0.2) is 24.3 Å². The fourth-order valence-electron chi connectivity index (χ4n) is 1.58. The molecule has 2 amide bonds. The molecule has 0 spiro atoms. The van der Waals surface area contributed by atoms with Gasteiger partial charge in [0.05, 0.1) is 11.4 Å². The van der Waals surface area contributed by atoms with E-state index in [1.807, 2.05) is 43.3 Å². The zero-order valence-corrected chi connectivity index (χ0v) is 11.1. The molecule has 0 aliphatic rings. The summed E-state index contributed by atoms with van der Waals surface area (Å²) < 4.78 is 0. The van der Waals surface area contributed by atoms with Gasteiger partial charge in [0.25, 0.3) is 0 Å². The van der Waals surface area contributed by atoms with Crippen molar-refractivity contribution in [3.05, 3.63) is 24.3 Å². The average molecular weight is 265 g/mol. The standard InChI is InChI=1S/C13H19N3O3/c1-16(2)11-7-4-3-6-10(11)15-13(19)14-9-5-8-12(17)18/h3-4,6-7H,5,8-9H2,1-2H3,(H,17,18)(H2,14,15,19). The van der Waals surface area contributed by atoms with Crippen LogP contribution in [0.5, 0.6) is 0 Å². The van der Waals surface area contributed by atoms with E-state index in [1.54, 1.807) is 0 Å². The van der Waals surface area contributed by atoms with Crippen LogP contribution in [0.3, 0.4) is 0 Å². The third kappa shape index (κ3) is 5.29. The lowest BCUT2D eigenvalue weighted by atomic mass is 10.2. The molecule has 3 N–H and O–H groups in total. The summed E-state index contributed by atoms with van der Waals surface area (Å²) in [5.41, 5.74) is 1.62. The highest BCUT2D eigenvalue weighted by Crippen LogP contribution is 2.23. The van der Waals surface area contributed by atoms with Gasteiger partial charge in [-0.3, -0.25) is 4.79 Å². The lowest BCUT2D eigenvalue weighted by Crippen LogP contribution is -2.30. The van der Waals surface area contributed by atoms with Crippen LogP contribution in [-0.2, 0) is 4.79 Å². The summed E-state index contributed by atoms with van der Waals surface area (Å²) in [5.74, 6) is -0.861. The fourth-order valence-corrected chi connectivity index (χ4v) is 1.58. The maximum Gasteiger partial charge on any atom is 0.319 e. The molecule has 0 fully saturated rings. The van der Waals surface area contributed by atoms with E-state index < -0.39 is 5.97 Å². The zero-order chi connectivity index (χ0) is 14.3. The summed E-state index contributed by atoms with van der Waals surface area (Å²) in [4.78, 5) is 23.9. The van der Waals surface area contributed by atoms with Crippen molar-refractivity contribution in [3.63, 3.8) is 0 Å². The molecular formula is C13H19N3O3. The minimum Gasteiger partial charge on any atom is -0.481 e. The van der Waals surface area contributed by atoms with Crippen molar-refractivity contribution in [2.24, 2.45) is 0 Å². The number of benzene rings is 1. The number of aliphatic carboxylic acids is 1. The van der Waals surface area contributed by atoms with E-state index in [0.29, 0.717) is 18.7 Å². The van der Waals surface area contributed by atoms with Crippen molar-refractivity contribution in [1.82, 2.24) is 5.32 Å². The first-order valence-corrected chi connectivity index (χ1v) is 6.03. The molecule has 6 nitrogen and oxygen atoms in total. The number of carbonyl (C=O) groups is 2. The highest BCUT2D eigenvalue weighted by molar-refractivity contribution is 5.93. The van der Waals surface area contributed by atoms with Crippen LogP contribution in [0.2, 0.25) is 0 Å². The number of carbonyl (C=O) groups excluding carboxylic acids is 1. The summed E-state index contributed by atoms with van der Waals surface area (Å²) in [6.45, 7) is 0.336. The summed E-state index contributed by atoms with van der Waals surface area (Å²) in [5, 5.41) is 13.8. The van der Waals surface area contributed by atoms with Crippen molar-refractivity contribution in [2.75, 3.05) is 30.9 Å². The summed E-state index contributed by atoms with van der Waals surface area (Å²) in [7, 11) is 3.79. The molecule has 1 aromatic carbocycles. The molecule has 0 atom stereocenters. The van der Waals surface area contributed by atoms with E-state index in [-0.39, 0.29) is 12.5 Å². The third-order valence-corrected chi connectivity index (χ3v) is 2.49. The molecule has 0 saturated heterocycles. The number of amides is 2. The summed E-state index contributed by atoms with van der Waals surface area (Å²) >= 11 is 0. The monoisotopic (exact) mass is 265 g/mol. The van der Waals surface area contributed by atoms with Gasteiger partial charge < -0.3 is 20.6 Å². The van der Waals surface area contributed by atoms with Crippen LogP contribution >= 0.6 is 0 Å². The number of anilines is 2. The number of nitrogens with zero attached hydrogens (tertiary/aromatic N) is 1. The second kappa shape index (κ2) is 7.25. The van der Waals surface area contributed by atoms with Gasteiger partial charge in [0, 0.05) is 27.1 Å².